The van der Waals surface area contributed by atoms with Crippen LogP contribution in [-0.2, 0) is 16.0 Å². The van der Waals surface area contributed by atoms with Crippen LogP contribution in [0.25, 0.3) is 44.9 Å². The van der Waals surface area contributed by atoms with Crippen LogP contribution in [0.15, 0.2) is 30.3 Å². The van der Waals surface area contributed by atoms with Gasteiger partial charge in [0, 0.05) is 52.9 Å². The summed E-state index contributed by atoms with van der Waals surface area (Å²) in [6, 6.07) is 10.00. The molecule has 8 bridgehead atoms. The summed E-state index contributed by atoms with van der Waals surface area (Å²) in [7, 11) is 0. The number of hydrogen-bond donors (Lipinski definition) is 4. The molecule has 0 atom stereocenters. The van der Waals surface area contributed by atoms with Gasteiger partial charge in [-0.1, -0.05) is 0 Å². The molecule has 0 spiro atoms. The van der Waals surface area contributed by atoms with Crippen molar-refractivity contribution < 1.29 is 19.8 Å². The molecule has 0 saturated carbocycles. The minimum atomic E-state index is -0.868. The number of allylic oxidation sites excluding steroid dienone is 3. The molecule has 0 saturated heterocycles. The summed E-state index contributed by atoms with van der Waals surface area (Å²) in [4.78, 5) is 39.5. The number of rotatable bonds is 6. The molecule has 3 radical (unpaired) electrons. The molecule has 0 unspecified atom stereocenters. The normalized spacial score (nSPS) is 12.8. The topological polar surface area (TPSA) is 132 Å². The second-order valence-electron chi connectivity index (χ2n) is 9.98. The van der Waals surface area contributed by atoms with Crippen molar-refractivity contribution >= 4 is 74.8 Å². The summed E-state index contributed by atoms with van der Waals surface area (Å²) in [5.41, 5.74) is 12.4. The van der Waals surface area contributed by atoms with E-state index in [4.69, 9.17) is 9.97 Å². The summed E-state index contributed by atoms with van der Waals surface area (Å²) in [6.45, 7) is 8.01. The van der Waals surface area contributed by atoms with E-state index < -0.39 is 11.9 Å². The number of hydrogen-bond acceptors (Lipinski definition) is 4. The van der Waals surface area contributed by atoms with Gasteiger partial charge in [-0.2, -0.15) is 0 Å². The Morgan fingerprint density at radius 1 is 0.769 bits per heavy atom. The number of aromatic amines is 2. The molecule has 39 heavy (non-hydrogen) atoms. The van der Waals surface area contributed by atoms with E-state index in [1.54, 1.807) is 0 Å². The van der Waals surface area contributed by atoms with Crippen LogP contribution in [-0.4, -0.2) is 60.0 Å². The van der Waals surface area contributed by atoms with Gasteiger partial charge < -0.3 is 20.2 Å². The van der Waals surface area contributed by atoms with Gasteiger partial charge in [-0.05, 0) is 110 Å². The van der Waals surface area contributed by atoms with Crippen LogP contribution >= 0.6 is 0 Å². The summed E-state index contributed by atoms with van der Waals surface area (Å²) in [5.74, 6) is -1.73. The van der Waals surface area contributed by atoms with Crippen LogP contribution in [0.1, 0.15) is 72.6 Å². The smallest absolute Gasteiger partial charge is 0.303 e. The van der Waals surface area contributed by atoms with Gasteiger partial charge in [0.15, 0.2) is 0 Å². The van der Waals surface area contributed by atoms with Crippen LogP contribution in [0, 0.1) is 13.8 Å². The van der Waals surface area contributed by atoms with Crippen molar-refractivity contribution in [3.63, 3.8) is 0 Å². The zero-order valence-electron chi connectivity index (χ0n) is 22.3. The van der Waals surface area contributed by atoms with Crippen LogP contribution in [0.4, 0.5) is 0 Å². The average Bonchev–Trinajstić information content (AvgIpc) is 3.53. The quantitative estimate of drug-likeness (QED) is 0.266. The van der Waals surface area contributed by atoms with Gasteiger partial charge in [0.25, 0.3) is 0 Å². The minimum Gasteiger partial charge on any atom is -0.481 e. The molecule has 0 amide bonds. The van der Waals surface area contributed by atoms with Gasteiger partial charge in [0.2, 0.25) is 0 Å². The fourth-order valence-corrected chi connectivity index (χ4v) is 5.11. The molecule has 5 rings (SSSR count). The van der Waals surface area contributed by atoms with Crippen LogP contribution in [0.2, 0.25) is 0 Å². The predicted octanol–water partition coefficient (Wildman–Crippen LogP) is 5.92. The number of aromatic nitrogens is 4. The number of nitrogens with zero attached hydrogens (tertiary/aromatic N) is 2. The number of aryl methyl sites for hydroxylation is 3. The Labute approximate surface area is 237 Å². The maximum absolute atomic E-state index is 11.4. The molecule has 0 fully saturated rings. The van der Waals surface area contributed by atoms with Gasteiger partial charge >= 0.3 is 11.9 Å². The molecular formula is C30H30AsN4O4. The van der Waals surface area contributed by atoms with Crippen molar-refractivity contribution in [3.8, 4) is 0 Å². The Bertz CT molecular complexity index is 1730. The number of fused-ring (bicyclic) bond motifs is 8. The van der Waals surface area contributed by atoms with Gasteiger partial charge in [-0.15, -0.1) is 0 Å². The standard InChI is InChI=1S/C30H30N4O4.As/c1-15-9-20-12-25-17(3)21(5-7-29(35)36)27(33-25)14-28-22(6-8-30(37)38)18(4)26(34-28)13-24-16(2)10-19(32-24)11-23(15)31-20;/h9-14,32-33H,5-8H2,1-4H3,(H,35,36)(H,37,38);. The van der Waals surface area contributed by atoms with Gasteiger partial charge in [-0.3, -0.25) is 9.59 Å². The first kappa shape index (κ1) is 28.1. The molecule has 5 heterocycles. The van der Waals surface area contributed by atoms with Crippen molar-refractivity contribution in [2.24, 2.45) is 0 Å². The third kappa shape index (κ3) is 5.76. The molecule has 3 aromatic rings. The van der Waals surface area contributed by atoms with Crippen LogP contribution in [0.3, 0.4) is 0 Å². The summed E-state index contributed by atoms with van der Waals surface area (Å²) in [5, 5.41) is 18.7. The Kier molecular flexibility index (Phi) is 7.98. The van der Waals surface area contributed by atoms with Crippen molar-refractivity contribution in [3.05, 3.63) is 69.8 Å². The molecule has 0 aromatic carbocycles. The largest absolute Gasteiger partial charge is 0.481 e. The molecule has 3 aromatic heterocycles. The molecular weight excluding hydrogens is 555 g/mol. The van der Waals surface area contributed by atoms with Crippen molar-refractivity contribution in [1.29, 1.82) is 0 Å². The van der Waals surface area contributed by atoms with E-state index in [1.165, 1.54) is 0 Å². The Morgan fingerprint density at radius 2 is 1.46 bits per heavy atom. The molecule has 2 aliphatic rings. The summed E-state index contributed by atoms with van der Waals surface area (Å²) < 4.78 is 0. The zero-order valence-corrected chi connectivity index (χ0v) is 24.2. The van der Waals surface area contributed by atoms with E-state index >= 15 is 0 Å². The minimum absolute atomic E-state index is 0. The number of carboxylic acid groups (broad SMARTS) is 2. The van der Waals surface area contributed by atoms with Gasteiger partial charge in [-0.25, -0.2) is 9.97 Å². The summed E-state index contributed by atoms with van der Waals surface area (Å²) in [6.07, 6.45) is 2.73. The van der Waals surface area contributed by atoms with E-state index in [0.717, 1.165) is 72.6 Å². The van der Waals surface area contributed by atoms with E-state index in [9.17, 15) is 19.8 Å². The van der Waals surface area contributed by atoms with Gasteiger partial charge in [0.05, 0.1) is 22.8 Å². The average molecular weight is 586 g/mol. The second kappa shape index (κ2) is 11.1. The second-order valence-corrected chi connectivity index (χ2v) is 9.98. The zero-order chi connectivity index (χ0) is 27.1. The Hall–Kier alpha value is -3.90. The maximum Gasteiger partial charge on any atom is 0.303 e. The first-order valence-corrected chi connectivity index (χ1v) is 12.6. The maximum atomic E-state index is 11.4. The Balaban J connectivity index is 0.00000353. The van der Waals surface area contributed by atoms with Crippen molar-refractivity contribution in [2.45, 2.75) is 53.4 Å². The molecule has 9 heteroatoms. The van der Waals surface area contributed by atoms with Gasteiger partial charge in [0.1, 0.15) is 0 Å². The summed E-state index contributed by atoms with van der Waals surface area (Å²) >= 11 is 0. The first-order valence-electron chi connectivity index (χ1n) is 12.6. The van der Waals surface area contributed by atoms with Crippen LogP contribution < -0.4 is 0 Å². The van der Waals surface area contributed by atoms with E-state index in [-0.39, 0.29) is 30.8 Å². The third-order valence-electron chi connectivity index (χ3n) is 7.26. The number of carboxylic acids is 2. The molecule has 2 aliphatic heterocycles. The molecule has 0 aliphatic carbocycles. The SMILES string of the molecule is CC1=Cc2cc3[nH]c(cc4nc(cc5[nH]c(cc1n2)cc5C)C(C)=C4CCC(=O)O)c(CCC(=O)O)c3C.[As]. The fraction of sp³-hybridized carbons (Fsp3) is 0.267. The Morgan fingerprint density at radius 3 is 2.18 bits per heavy atom. The number of carbonyl (C=O) groups is 2. The van der Waals surface area contributed by atoms with E-state index in [2.05, 4.69) is 16.0 Å². The molecule has 199 valence electrons. The van der Waals surface area contributed by atoms with Crippen LogP contribution in [0.5, 0.6) is 0 Å². The monoisotopic (exact) mass is 585 g/mol. The number of H-pyrrole nitrogens is 2. The fourth-order valence-electron chi connectivity index (χ4n) is 5.11. The van der Waals surface area contributed by atoms with Crippen molar-refractivity contribution in [1.82, 2.24) is 19.9 Å². The molecule has 8 nitrogen and oxygen atoms in total. The first-order chi connectivity index (χ1) is 18.1. The van der Waals surface area contributed by atoms with E-state index in [0.29, 0.717) is 18.5 Å². The van der Waals surface area contributed by atoms with E-state index in [1.807, 2.05) is 58.0 Å². The number of nitrogens with one attached hydrogen (secondary N) is 2. The molecule has 4 N–H and O–H groups in total. The van der Waals surface area contributed by atoms with Crippen molar-refractivity contribution in [2.75, 3.05) is 0 Å². The number of aliphatic carboxylic acids is 2. The predicted molar refractivity (Wildman–Crippen MR) is 155 cm³/mol. The third-order valence-corrected chi connectivity index (χ3v) is 7.26.